The molecule has 1 aliphatic rings. The number of hydrogen-bond donors (Lipinski definition) is 2. The standard InChI is InChI=1S/C12H13FN2O3/c13-9-5-3-4-8(14-9)10(16)15-12(11(17)18)6-1-2-7-12/h3-5H,1-2,6-7H2,(H,15,16)(H,17,18). The van der Waals surface area contributed by atoms with Crippen LogP contribution >= 0.6 is 0 Å². The summed E-state index contributed by atoms with van der Waals surface area (Å²) in [6.07, 6.45) is 2.29. The van der Waals surface area contributed by atoms with E-state index in [1.807, 2.05) is 0 Å². The first-order valence-corrected chi connectivity index (χ1v) is 5.72. The predicted octanol–water partition coefficient (Wildman–Crippen LogP) is 1.35. The smallest absolute Gasteiger partial charge is 0.329 e. The maximum Gasteiger partial charge on any atom is 0.329 e. The van der Waals surface area contributed by atoms with Crippen molar-refractivity contribution in [1.82, 2.24) is 10.3 Å². The van der Waals surface area contributed by atoms with Crippen molar-refractivity contribution in [2.75, 3.05) is 0 Å². The van der Waals surface area contributed by atoms with E-state index in [1.54, 1.807) is 0 Å². The number of carbonyl (C=O) groups is 2. The summed E-state index contributed by atoms with van der Waals surface area (Å²) in [7, 11) is 0. The molecule has 1 aliphatic carbocycles. The molecule has 0 atom stereocenters. The number of carbonyl (C=O) groups excluding carboxylic acids is 1. The lowest BCUT2D eigenvalue weighted by molar-refractivity contribution is -0.144. The first-order valence-electron chi connectivity index (χ1n) is 5.72. The lowest BCUT2D eigenvalue weighted by Crippen LogP contribution is -2.52. The van der Waals surface area contributed by atoms with Crippen molar-refractivity contribution in [3.63, 3.8) is 0 Å². The van der Waals surface area contributed by atoms with E-state index in [-0.39, 0.29) is 5.69 Å². The van der Waals surface area contributed by atoms with Gasteiger partial charge in [-0.05, 0) is 25.0 Å². The van der Waals surface area contributed by atoms with Crippen molar-refractivity contribution < 1.29 is 19.1 Å². The van der Waals surface area contributed by atoms with Crippen molar-refractivity contribution in [3.8, 4) is 0 Å². The molecule has 0 bridgehead atoms. The van der Waals surface area contributed by atoms with Crippen molar-refractivity contribution in [2.24, 2.45) is 0 Å². The number of nitrogens with zero attached hydrogens (tertiary/aromatic N) is 1. The highest BCUT2D eigenvalue weighted by Gasteiger charge is 2.42. The molecule has 6 heteroatoms. The number of hydrogen-bond acceptors (Lipinski definition) is 3. The number of nitrogens with one attached hydrogen (secondary N) is 1. The number of rotatable bonds is 3. The highest BCUT2D eigenvalue weighted by molar-refractivity contribution is 5.96. The highest BCUT2D eigenvalue weighted by atomic mass is 19.1. The molecule has 5 nitrogen and oxygen atoms in total. The molecule has 1 fully saturated rings. The normalized spacial score (nSPS) is 17.4. The van der Waals surface area contributed by atoms with Gasteiger partial charge >= 0.3 is 5.97 Å². The minimum absolute atomic E-state index is 0.109. The summed E-state index contributed by atoms with van der Waals surface area (Å²) < 4.78 is 12.9. The number of aliphatic carboxylic acids is 1. The molecule has 1 aromatic rings. The van der Waals surface area contributed by atoms with Gasteiger partial charge in [0.2, 0.25) is 5.95 Å². The molecular weight excluding hydrogens is 239 g/mol. The maximum atomic E-state index is 12.9. The van der Waals surface area contributed by atoms with Crippen LogP contribution in [0.25, 0.3) is 0 Å². The zero-order valence-corrected chi connectivity index (χ0v) is 9.65. The average Bonchev–Trinajstić information content (AvgIpc) is 2.79. The summed E-state index contributed by atoms with van der Waals surface area (Å²) in [5.74, 6) is -2.47. The Morgan fingerprint density at radius 1 is 1.33 bits per heavy atom. The minimum Gasteiger partial charge on any atom is -0.480 e. The van der Waals surface area contributed by atoms with Crippen LogP contribution in [0.2, 0.25) is 0 Å². The predicted molar refractivity (Wildman–Crippen MR) is 60.5 cm³/mol. The fourth-order valence-corrected chi connectivity index (χ4v) is 2.19. The second-order valence-electron chi connectivity index (χ2n) is 4.39. The first-order chi connectivity index (χ1) is 8.53. The van der Waals surface area contributed by atoms with Gasteiger partial charge in [-0.2, -0.15) is 4.39 Å². The van der Waals surface area contributed by atoms with Crippen LogP contribution in [0.1, 0.15) is 36.2 Å². The second-order valence-corrected chi connectivity index (χ2v) is 4.39. The molecule has 1 heterocycles. The number of amides is 1. The van der Waals surface area contributed by atoms with E-state index in [2.05, 4.69) is 10.3 Å². The van der Waals surface area contributed by atoms with Gasteiger partial charge in [-0.3, -0.25) is 4.79 Å². The Labute approximate surface area is 103 Å². The molecule has 1 amide bonds. The summed E-state index contributed by atoms with van der Waals surface area (Å²) in [5, 5.41) is 11.7. The van der Waals surface area contributed by atoms with Crippen LogP contribution in [0.15, 0.2) is 18.2 Å². The summed E-state index contributed by atoms with van der Waals surface area (Å²) in [6, 6.07) is 3.83. The molecule has 0 unspecified atom stereocenters. The van der Waals surface area contributed by atoms with E-state index in [9.17, 15) is 19.1 Å². The van der Waals surface area contributed by atoms with Crippen molar-refractivity contribution >= 4 is 11.9 Å². The largest absolute Gasteiger partial charge is 0.480 e. The lowest BCUT2D eigenvalue weighted by Gasteiger charge is -2.24. The second kappa shape index (κ2) is 4.72. The van der Waals surface area contributed by atoms with E-state index >= 15 is 0 Å². The Hall–Kier alpha value is -1.98. The number of carboxylic acid groups (broad SMARTS) is 1. The third-order valence-corrected chi connectivity index (χ3v) is 3.17. The number of aromatic nitrogens is 1. The molecule has 0 spiro atoms. The fourth-order valence-electron chi connectivity index (χ4n) is 2.19. The number of carboxylic acids is 1. The molecule has 2 N–H and O–H groups in total. The van der Waals surface area contributed by atoms with Crippen LogP contribution in [0.4, 0.5) is 4.39 Å². The molecule has 0 aliphatic heterocycles. The van der Waals surface area contributed by atoms with Gasteiger partial charge in [-0.25, -0.2) is 9.78 Å². The van der Waals surface area contributed by atoms with Crippen molar-refractivity contribution in [2.45, 2.75) is 31.2 Å². The molecule has 1 saturated carbocycles. The Balaban J connectivity index is 2.18. The van der Waals surface area contributed by atoms with Crippen molar-refractivity contribution in [1.29, 1.82) is 0 Å². The molecule has 96 valence electrons. The van der Waals surface area contributed by atoms with E-state index in [4.69, 9.17) is 0 Å². The van der Waals surface area contributed by atoms with Gasteiger partial charge in [0.05, 0.1) is 0 Å². The van der Waals surface area contributed by atoms with Crippen LogP contribution in [0.5, 0.6) is 0 Å². The third kappa shape index (κ3) is 2.32. The topological polar surface area (TPSA) is 79.3 Å². The quantitative estimate of drug-likeness (QED) is 0.796. The molecular formula is C12H13FN2O3. The van der Waals surface area contributed by atoms with Crippen LogP contribution in [0, 0.1) is 5.95 Å². The average molecular weight is 252 g/mol. The van der Waals surface area contributed by atoms with Gasteiger partial charge in [-0.15, -0.1) is 0 Å². The van der Waals surface area contributed by atoms with Gasteiger partial charge in [0, 0.05) is 0 Å². The summed E-state index contributed by atoms with van der Waals surface area (Å²) in [4.78, 5) is 26.5. The number of halogens is 1. The van der Waals surface area contributed by atoms with Gasteiger partial charge in [0.25, 0.3) is 5.91 Å². The maximum absolute atomic E-state index is 12.9. The molecule has 0 radical (unpaired) electrons. The SMILES string of the molecule is O=C(NC1(C(=O)O)CCCC1)c1cccc(F)n1. The summed E-state index contributed by atoms with van der Waals surface area (Å²) >= 11 is 0. The molecule has 1 aromatic heterocycles. The minimum atomic E-state index is -1.23. The summed E-state index contributed by atoms with van der Waals surface area (Å²) in [6.45, 7) is 0. The van der Waals surface area contributed by atoms with E-state index in [0.717, 1.165) is 18.9 Å². The van der Waals surface area contributed by atoms with Gasteiger partial charge in [0.1, 0.15) is 11.2 Å². The van der Waals surface area contributed by atoms with E-state index < -0.39 is 23.4 Å². The Bertz CT molecular complexity index is 484. The molecule has 2 rings (SSSR count). The zero-order valence-electron chi connectivity index (χ0n) is 9.65. The Morgan fingerprint density at radius 3 is 2.56 bits per heavy atom. The zero-order chi connectivity index (χ0) is 13.2. The first kappa shape index (κ1) is 12.5. The van der Waals surface area contributed by atoms with Gasteiger partial charge in [-0.1, -0.05) is 18.9 Å². The van der Waals surface area contributed by atoms with Crippen molar-refractivity contribution in [3.05, 3.63) is 29.8 Å². The van der Waals surface area contributed by atoms with Crippen LogP contribution in [0.3, 0.4) is 0 Å². The van der Waals surface area contributed by atoms with Crippen LogP contribution in [-0.4, -0.2) is 27.5 Å². The lowest BCUT2D eigenvalue weighted by atomic mass is 9.97. The van der Waals surface area contributed by atoms with Gasteiger partial charge < -0.3 is 10.4 Å². The van der Waals surface area contributed by atoms with Gasteiger partial charge in [0.15, 0.2) is 0 Å². The molecule has 0 saturated heterocycles. The van der Waals surface area contributed by atoms with Crippen LogP contribution < -0.4 is 5.32 Å². The fraction of sp³-hybridized carbons (Fsp3) is 0.417. The monoisotopic (exact) mass is 252 g/mol. The van der Waals surface area contributed by atoms with E-state index in [0.29, 0.717) is 12.8 Å². The summed E-state index contributed by atoms with van der Waals surface area (Å²) in [5.41, 5.74) is -1.34. The third-order valence-electron chi connectivity index (χ3n) is 3.17. The molecule has 0 aromatic carbocycles. The van der Waals surface area contributed by atoms with Crippen LogP contribution in [-0.2, 0) is 4.79 Å². The van der Waals surface area contributed by atoms with E-state index in [1.165, 1.54) is 12.1 Å². The Morgan fingerprint density at radius 2 is 2.00 bits per heavy atom. The molecule has 18 heavy (non-hydrogen) atoms. The highest BCUT2D eigenvalue weighted by Crippen LogP contribution is 2.30. The number of pyridine rings is 1. The Kier molecular flexibility index (Phi) is 3.27.